The largest absolute Gasteiger partial charge is 0.496 e. The summed E-state index contributed by atoms with van der Waals surface area (Å²) in [5.41, 5.74) is 10.9. The lowest BCUT2D eigenvalue weighted by atomic mass is 10.1. The van der Waals surface area contributed by atoms with E-state index in [0.29, 0.717) is 11.5 Å². The van der Waals surface area contributed by atoms with E-state index in [1.807, 2.05) is 25.1 Å². The Hall–Kier alpha value is -2.46. The maximum absolute atomic E-state index is 8.23. The van der Waals surface area contributed by atoms with Crippen molar-refractivity contribution in [2.75, 3.05) is 7.11 Å². The van der Waals surface area contributed by atoms with Gasteiger partial charge in [-0.15, -0.1) is 0 Å². The molecular weight excluding hydrogens is 232 g/mol. The van der Waals surface area contributed by atoms with Crippen molar-refractivity contribution in [3.8, 4) is 17.0 Å². The van der Waals surface area contributed by atoms with Crippen LogP contribution in [0, 0.1) is 6.92 Å². The van der Waals surface area contributed by atoms with Crippen molar-refractivity contribution in [3.63, 3.8) is 0 Å². The minimum absolute atomic E-state index is 0.165. The molecule has 0 amide bonds. The molecule has 0 aliphatic heterocycles. The van der Waals surface area contributed by atoms with E-state index in [2.05, 4.69) is 15.2 Å². The van der Waals surface area contributed by atoms with E-state index < -0.39 is 0 Å². The van der Waals surface area contributed by atoms with Gasteiger partial charge in [0.05, 0.1) is 13.7 Å². The van der Waals surface area contributed by atoms with Gasteiger partial charge in [-0.05, 0) is 36.2 Å². The number of methoxy groups -OCH3 is 1. The number of rotatable bonds is 4. The molecule has 92 valence electrons. The molecule has 6 heteroatoms. The highest BCUT2D eigenvalue weighted by molar-refractivity contribution is 5.61. The van der Waals surface area contributed by atoms with E-state index in [1.165, 1.54) is 0 Å². The second-order valence-electron chi connectivity index (χ2n) is 3.75. The zero-order chi connectivity index (χ0) is 13.0. The highest BCUT2D eigenvalue weighted by Crippen LogP contribution is 2.25. The summed E-state index contributed by atoms with van der Waals surface area (Å²) in [5.74, 6) is 1.37. The molecule has 0 saturated carbocycles. The summed E-state index contributed by atoms with van der Waals surface area (Å²) in [6.45, 7) is 2.13. The SMILES string of the molecule is COc1ccc(-c2cc(CN=[N+]=[N-])on2)cc1C. The van der Waals surface area contributed by atoms with E-state index in [-0.39, 0.29) is 6.54 Å². The Morgan fingerprint density at radius 3 is 2.94 bits per heavy atom. The lowest BCUT2D eigenvalue weighted by Crippen LogP contribution is -1.87. The lowest BCUT2D eigenvalue weighted by molar-refractivity contribution is 0.387. The molecule has 0 unspecified atom stereocenters. The van der Waals surface area contributed by atoms with Crippen LogP contribution in [0.3, 0.4) is 0 Å². The molecule has 0 saturated heterocycles. The molecular formula is C12H12N4O2. The number of ether oxygens (including phenoxy) is 1. The van der Waals surface area contributed by atoms with Crippen LogP contribution in [0.25, 0.3) is 21.7 Å². The monoisotopic (exact) mass is 244 g/mol. The molecule has 18 heavy (non-hydrogen) atoms. The zero-order valence-corrected chi connectivity index (χ0v) is 10.1. The van der Waals surface area contributed by atoms with Gasteiger partial charge >= 0.3 is 0 Å². The van der Waals surface area contributed by atoms with Crippen LogP contribution in [0.4, 0.5) is 0 Å². The molecule has 2 rings (SSSR count). The van der Waals surface area contributed by atoms with Gasteiger partial charge in [0.2, 0.25) is 0 Å². The molecule has 0 bridgehead atoms. The molecule has 6 nitrogen and oxygen atoms in total. The smallest absolute Gasteiger partial charge is 0.143 e. The van der Waals surface area contributed by atoms with Gasteiger partial charge in [0.25, 0.3) is 0 Å². The predicted molar refractivity (Wildman–Crippen MR) is 66.1 cm³/mol. The molecule has 0 spiro atoms. The third-order valence-corrected chi connectivity index (χ3v) is 2.54. The average molecular weight is 244 g/mol. The van der Waals surface area contributed by atoms with Gasteiger partial charge in [0.1, 0.15) is 17.2 Å². The van der Waals surface area contributed by atoms with E-state index in [0.717, 1.165) is 16.9 Å². The summed E-state index contributed by atoms with van der Waals surface area (Å²) in [5, 5.41) is 7.36. The molecule has 1 aromatic heterocycles. The minimum Gasteiger partial charge on any atom is -0.496 e. The van der Waals surface area contributed by atoms with Gasteiger partial charge in [-0.25, -0.2) is 0 Å². The van der Waals surface area contributed by atoms with Crippen LogP contribution in [0.15, 0.2) is 33.9 Å². The van der Waals surface area contributed by atoms with Crippen molar-refractivity contribution in [2.45, 2.75) is 13.5 Å². The maximum Gasteiger partial charge on any atom is 0.143 e. The topological polar surface area (TPSA) is 84.0 Å². The maximum atomic E-state index is 8.23. The quantitative estimate of drug-likeness (QED) is 0.469. The van der Waals surface area contributed by atoms with Crippen LogP contribution in [-0.2, 0) is 6.54 Å². The van der Waals surface area contributed by atoms with Crippen LogP contribution in [0.5, 0.6) is 5.75 Å². The molecule has 0 radical (unpaired) electrons. The molecule has 0 aliphatic carbocycles. The number of benzene rings is 1. The Morgan fingerprint density at radius 2 is 2.28 bits per heavy atom. The molecule has 0 aliphatic rings. The fraction of sp³-hybridized carbons (Fsp3) is 0.250. The number of aryl methyl sites for hydroxylation is 1. The minimum atomic E-state index is 0.165. The predicted octanol–water partition coefficient (Wildman–Crippen LogP) is 3.47. The summed E-state index contributed by atoms with van der Waals surface area (Å²) < 4.78 is 10.3. The third-order valence-electron chi connectivity index (χ3n) is 2.54. The van der Waals surface area contributed by atoms with E-state index >= 15 is 0 Å². The van der Waals surface area contributed by atoms with Gasteiger partial charge in [0.15, 0.2) is 0 Å². The fourth-order valence-electron chi connectivity index (χ4n) is 1.66. The van der Waals surface area contributed by atoms with Crippen molar-refractivity contribution < 1.29 is 9.26 Å². The van der Waals surface area contributed by atoms with Crippen LogP contribution >= 0.6 is 0 Å². The third kappa shape index (κ3) is 2.44. The number of azide groups is 1. The van der Waals surface area contributed by atoms with Gasteiger partial charge in [-0.2, -0.15) is 0 Å². The van der Waals surface area contributed by atoms with Crippen LogP contribution in [0.2, 0.25) is 0 Å². The van der Waals surface area contributed by atoms with Gasteiger partial charge in [0, 0.05) is 16.5 Å². The molecule has 0 fully saturated rings. The fourth-order valence-corrected chi connectivity index (χ4v) is 1.66. The summed E-state index contributed by atoms with van der Waals surface area (Å²) in [6, 6.07) is 7.51. The van der Waals surface area contributed by atoms with E-state index in [9.17, 15) is 0 Å². The Morgan fingerprint density at radius 1 is 1.44 bits per heavy atom. The normalized spacial score (nSPS) is 9.89. The van der Waals surface area contributed by atoms with Gasteiger partial charge in [-0.1, -0.05) is 10.3 Å². The number of hydrogen-bond acceptors (Lipinski definition) is 4. The van der Waals surface area contributed by atoms with E-state index in [1.54, 1.807) is 13.2 Å². The van der Waals surface area contributed by atoms with Crippen molar-refractivity contribution in [1.29, 1.82) is 0 Å². The van der Waals surface area contributed by atoms with Crippen LogP contribution in [0.1, 0.15) is 11.3 Å². The van der Waals surface area contributed by atoms with Gasteiger partial charge < -0.3 is 9.26 Å². The lowest BCUT2D eigenvalue weighted by Gasteiger charge is -2.04. The molecule has 1 aromatic carbocycles. The standard InChI is InChI=1S/C12H12N4O2/c1-8-5-9(3-4-12(8)17-2)11-6-10(18-15-11)7-14-16-13/h3-6H,7H2,1-2H3. The highest BCUT2D eigenvalue weighted by Gasteiger charge is 2.07. The van der Waals surface area contributed by atoms with Crippen molar-refractivity contribution in [1.82, 2.24) is 5.16 Å². The second kappa shape index (κ2) is 5.25. The zero-order valence-electron chi connectivity index (χ0n) is 10.1. The Bertz CT molecular complexity index is 600. The number of hydrogen-bond donors (Lipinski definition) is 0. The summed E-state index contributed by atoms with van der Waals surface area (Å²) in [7, 11) is 1.64. The average Bonchev–Trinajstić information content (AvgIpc) is 2.85. The first-order valence-corrected chi connectivity index (χ1v) is 5.36. The first-order valence-electron chi connectivity index (χ1n) is 5.36. The Kier molecular flexibility index (Phi) is 3.50. The summed E-state index contributed by atoms with van der Waals surface area (Å²) in [6.07, 6.45) is 0. The molecule has 0 N–H and O–H groups in total. The Labute approximate surface area is 104 Å². The first-order chi connectivity index (χ1) is 8.74. The van der Waals surface area contributed by atoms with Gasteiger partial charge in [-0.3, -0.25) is 0 Å². The summed E-state index contributed by atoms with van der Waals surface area (Å²) >= 11 is 0. The Balaban J connectivity index is 2.28. The number of aromatic nitrogens is 1. The van der Waals surface area contributed by atoms with Crippen molar-refractivity contribution in [2.24, 2.45) is 5.11 Å². The highest BCUT2D eigenvalue weighted by atomic mass is 16.5. The molecule has 0 atom stereocenters. The second-order valence-corrected chi connectivity index (χ2v) is 3.75. The first kappa shape index (κ1) is 12.0. The molecule has 1 heterocycles. The van der Waals surface area contributed by atoms with Crippen LogP contribution < -0.4 is 4.74 Å². The number of nitrogens with zero attached hydrogens (tertiary/aromatic N) is 4. The van der Waals surface area contributed by atoms with Crippen LogP contribution in [-0.4, -0.2) is 12.3 Å². The van der Waals surface area contributed by atoms with Crippen molar-refractivity contribution >= 4 is 0 Å². The van der Waals surface area contributed by atoms with Crippen molar-refractivity contribution in [3.05, 3.63) is 46.0 Å². The summed E-state index contributed by atoms with van der Waals surface area (Å²) in [4.78, 5) is 2.67. The van der Waals surface area contributed by atoms with E-state index in [4.69, 9.17) is 14.8 Å². The molecule has 2 aromatic rings.